The summed E-state index contributed by atoms with van der Waals surface area (Å²) in [5, 5.41) is 0. The van der Waals surface area contributed by atoms with Crippen molar-refractivity contribution in [2.45, 2.75) is 38.1 Å². The number of nitrogens with zero attached hydrogens (tertiary/aromatic N) is 2. The summed E-state index contributed by atoms with van der Waals surface area (Å²) >= 11 is 0. The number of benzene rings is 2. The van der Waals surface area contributed by atoms with Gasteiger partial charge in [-0.3, -0.25) is 9.59 Å². The first-order valence-electron chi connectivity index (χ1n) is 9.40. The molecule has 1 saturated heterocycles. The Balaban J connectivity index is 1.46. The van der Waals surface area contributed by atoms with E-state index in [0.717, 1.165) is 29.7 Å². The summed E-state index contributed by atoms with van der Waals surface area (Å²) in [7, 11) is 0. The molecule has 1 atom stereocenters. The Kier molecular flexibility index (Phi) is 4.75. The van der Waals surface area contributed by atoms with Crippen molar-refractivity contribution in [2.75, 3.05) is 6.54 Å². The SMILES string of the molecule is O=C(CC1CCCc2ccccc21)N1C(=O)CN(Cc2ccccc2)C1=O. The molecule has 27 heavy (non-hydrogen) atoms. The quantitative estimate of drug-likeness (QED) is 0.783. The number of amides is 4. The molecule has 1 fully saturated rings. The van der Waals surface area contributed by atoms with E-state index in [1.165, 1.54) is 16.0 Å². The predicted octanol–water partition coefficient (Wildman–Crippen LogP) is 3.49. The van der Waals surface area contributed by atoms with E-state index in [1.807, 2.05) is 42.5 Å². The Hall–Kier alpha value is -2.95. The summed E-state index contributed by atoms with van der Waals surface area (Å²) in [6.45, 7) is 0.294. The molecule has 0 spiro atoms. The van der Waals surface area contributed by atoms with Gasteiger partial charge in [-0.25, -0.2) is 4.79 Å². The minimum absolute atomic E-state index is 0.0410. The number of hydrogen-bond donors (Lipinski definition) is 0. The zero-order chi connectivity index (χ0) is 18.8. The van der Waals surface area contributed by atoms with Gasteiger partial charge in [-0.1, -0.05) is 54.6 Å². The largest absolute Gasteiger partial charge is 0.334 e. The van der Waals surface area contributed by atoms with Gasteiger partial charge in [-0.15, -0.1) is 0 Å². The maximum Gasteiger partial charge on any atom is 0.334 e. The minimum atomic E-state index is -0.502. The fourth-order valence-electron chi connectivity index (χ4n) is 4.09. The number of rotatable bonds is 4. The third kappa shape index (κ3) is 3.50. The van der Waals surface area contributed by atoms with Gasteiger partial charge in [0, 0.05) is 13.0 Å². The van der Waals surface area contributed by atoms with E-state index in [-0.39, 0.29) is 24.8 Å². The van der Waals surface area contributed by atoms with Crippen molar-refractivity contribution in [2.24, 2.45) is 0 Å². The van der Waals surface area contributed by atoms with Gasteiger partial charge < -0.3 is 4.90 Å². The number of aryl methyl sites for hydroxylation is 1. The molecule has 1 aliphatic carbocycles. The van der Waals surface area contributed by atoms with Crippen molar-refractivity contribution in [3.8, 4) is 0 Å². The molecule has 138 valence electrons. The molecule has 1 aliphatic heterocycles. The first-order valence-corrected chi connectivity index (χ1v) is 9.40. The molecule has 0 N–H and O–H groups in total. The van der Waals surface area contributed by atoms with Crippen molar-refractivity contribution in [1.29, 1.82) is 0 Å². The molecule has 1 heterocycles. The summed E-state index contributed by atoms with van der Waals surface area (Å²) in [4.78, 5) is 40.1. The van der Waals surface area contributed by atoms with Gasteiger partial charge in [0.25, 0.3) is 5.91 Å². The molecular formula is C22H22N2O3. The van der Waals surface area contributed by atoms with Crippen molar-refractivity contribution < 1.29 is 14.4 Å². The van der Waals surface area contributed by atoms with Crippen LogP contribution in [0.5, 0.6) is 0 Å². The fourth-order valence-corrected chi connectivity index (χ4v) is 4.09. The van der Waals surface area contributed by atoms with Crippen LogP contribution in [0.3, 0.4) is 0 Å². The lowest BCUT2D eigenvalue weighted by atomic mass is 9.81. The number of carbonyl (C=O) groups excluding carboxylic acids is 3. The van der Waals surface area contributed by atoms with Crippen LogP contribution in [0.4, 0.5) is 4.79 Å². The Bertz CT molecular complexity index is 878. The second kappa shape index (κ2) is 7.35. The average Bonchev–Trinajstić information content (AvgIpc) is 2.96. The lowest BCUT2D eigenvalue weighted by Gasteiger charge is -2.26. The van der Waals surface area contributed by atoms with Gasteiger partial charge >= 0.3 is 6.03 Å². The summed E-state index contributed by atoms with van der Waals surface area (Å²) in [6, 6.07) is 17.1. The highest BCUT2D eigenvalue weighted by Crippen LogP contribution is 2.34. The molecule has 2 aromatic carbocycles. The van der Waals surface area contributed by atoms with Gasteiger partial charge in [0.15, 0.2) is 0 Å². The van der Waals surface area contributed by atoms with Crippen LogP contribution >= 0.6 is 0 Å². The fraction of sp³-hybridized carbons (Fsp3) is 0.318. The van der Waals surface area contributed by atoms with E-state index >= 15 is 0 Å². The molecule has 0 bridgehead atoms. The van der Waals surface area contributed by atoms with Gasteiger partial charge in [0.1, 0.15) is 6.54 Å². The zero-order valence-corrected chi connectivity index (χ0v) is 15.1. The second-order valence-electron chi connectivity index (χ2n) is 7.24. The monoisotopic (exact) mass is 362 g/mol. The topological polar surface area (TPSA) is 57.7 Å². The predicted molar refractivity (Wildman–Crippen MR) is 101 cm³/mol. The maximum absolute atomic E-state index is 12.8. The molecule has 2 aliphatic rings. The molecule has 4 amide bonds. The third-order valence-corrected chi connectivity index (χ3v) is 5.42. The van der Waals surface area contributed by atoms with Crippen LogP contribution in [0.15, 0.2) is 54.6 Å². The highest BCUT2D eigenvalue weighted by atomic mass is 16.2. The number of hydrogen-bond acceptors (Lipinski definition) is 3. The van der Waals surface area contributed by atoms with Crippen LogP contribution in [0, 0.1) is 0 Å². The van der Waals surface area contributed by atoms with Crippen molar-refractivity contribution in [3.63, 3.8) is 0 Å². The lowest BCUT2D eigenvalue weighted by Crippen LogP contribution is -2.38. The molecule has 0 aromatic heterocycles. The van der Waals surface area contributed by atoms with Crippen LogP contribution in [0.1, 0.15) is 41.9 Å². The Morgan fingerprint density at radius 1 is 1.00 bits per heavy atom. The van der Waals surface area contributed by atoms with Crippen LogP contribution in [0.25, 0.3) is 0 Å². The summed E-state index contributed by atoms with van der Waals surface area (Å²) in [5.41, 5.74) is 3.39. The van der Waals surface area contributed by atoms with E-state index < -0.39 is 11.9 Å². The average molecular weight is 362 g/mol. The lowest BCUT2D eigenvalue weighted by molar-refractivity contribution is -0.138. The third-order valence-electron chi connectivity index (χ3n) is 5.42. The van der Waals surface area contributed by atoms with Gasteiger partial charge in [-0.2, -0.15) is 4.90 Å². The molecule has 1 unspecified atom stereocenters. The number of urea groups is 1. The number of fused-ring (bicyclic) bond motifs is 1. The van der Waals surface area contributed by atoms with Crippen molar-refractivity contribution in [1.82, 2.24) is 9.80 Å². The Labute approximate surface area is 158 Å². The zero-order valence-electron chi connectivity index (χ0n) is 15.1. The molecule has 4 rings (SSSR count). The van der Waals surface area contributed by atoms with Crippen LogP contribution in [0.2, 0.25) is 0 Å². The molecule has 0 saturated carbocycles. The van der Waals surface area contributed by atoms with E-state index in [4.69, 9.17) is 0 Å². The van der Waals surface area contributed by atoms with Crippen LogP contribution < -0.4 is 0 Å². The van der Waals surface area contributed by atoms with Crippen molar-refractivity contribution in [3.05, 3.63) is 71.3 Å². The van der Waals surface area contributed by atoms with E-state index in [2.05, 4.69) is 12.1 Å². The first kappa shape index (κ1) is 17.5. The second-order valence-corrected chi connectivity index (χ2v) is 7.24. The Morgan fingerprint density at radius 2 is 1.74 bits per heavy atom. The smallest absolute Gasteiger partial charge is 0.310 e. The van der Waals surface area contributed by atoms with Crippen LogP contribution in [-0.2, 0) is 22.6 Å². The number of carbonyl (C=O) groups is 3. The van der Waals surface area contributed by atoms with E-state index in [9.17, 15) is 14.4 Å². The van der Waals surface area contributed by atoms with Gasteiger partial charge in [0.05, 0.1) is 0 Å². The summed E-state index contributed by atoms with van der Waals surface area (Å²) in [5.74, 6) is -0.737. The molecule has 2 aromatic rings. The van der Waals surface area contributed by atoms with Gasteiger partial charge in [-0.05, 0) is 41.9 Å². The first-order chi connectivity index (χ1) is 13.1. The maximum atomic E-state index is 12.8. The van der Waals surface area contributed by atoms with E-state index in [0.29, 0.717) is 6.54 Å². The van der Waals surface area contributed by atoms with Crippen molar-refractivity contribution >= 4 is 17.8 Å². The highest BCUT2D eigenvalue weighted by Gasteiger charge is 2.41. The number of imide groups is 3. The highest BCUT2D eigenvalue weighted by molar-refractivity contribution is 6.15. The van der Waals surface area contributed by atoms with Gasteiger partial charge in [0.2, 0.25) is 5.91 Å². The van der Waals surface area contributed by atoms with E-state index in [1.54, 1.807) is 0 Å². The van der Waals surface area contributed by atoms with Crippen LogP contribution in [-0.4, -0.2) is 34.2 Å². The molecular weight excluding hydrogens is 340 g/mol. The molecule has 0 radical (unpaired) electrons. The standard InChI is InChI=1S/C22H22N2O3/c25-20(13-18-11-6-10-17-9-4-5-12-19(17)18)24-21(26)15-23(22(24)27)14-16-7-2-1-3-8-16/h1-5,7-9,12,18H,6,10-11,13-15H2. The minimum Gasteiger partial charge on any atom is -0.310 e. The summed E-state index contributed by atoms with van der Waals surface area (Å²) < 4.78 is 0. The molecule has 5 heteroatoms. The summed E-state index contributed by atoms with van der Waals surface area (Å²) in [6.07, 6.45) is 3.16. The Morgan fingerprint density at radius 3 is 2.56 bits per heavy atom. The molecule has 5 nitrogen and oxygen atoms in total. The normalized spacial score (nSPS) is 19.3.